The molecule has 6 heteroatoms. The van der Waals surface area contributed by atoms with Gasteiger partial charge in [0.15, 0.2) is 0 Å². The molecule has 0 amide bonds. The van der Waals surface area contributed by atoms with Crippen LogP contribution in [0.1, 0.15) is 36.8 Å². The summed E-state index contributed by atoms with van der Waals surface area (Å²) < 4.78 is 49.2. The van der Waals surface area contributed by atoms with Gasteiger partial charge in [-0.05, 0) is 31.5 Å². The Kier molecular flexibility index (Phi) is 4.66. The molecule has 1 aromatic rings. The highest BCUT2D eigenvalue weighted by atomic mass is 19.4. The van der Waals surface area contributed by atoms with Crippen LogP contribution >= 0.6 is 0 Å². The zero-order valence-electron chi connectivity index (χ0n) is 12.4. The third-order valence-electron chi connectivity index (χ3n) is 4.05. The third kappa shape index (κ3) is 3.26. The molecule has 1 aliphatic rings. The molecule has 0 bridgehead atoms. The van der Waals surface area contributed by atoms with Gasteiger partial charge in [0.2, 0.25) is 0 Å². The van der Waals surface area contributed by atoms with Gasteiger partial charge in [0.05, 0.1) is 14.2 Å². The standard InChI is InChI=1S/C15H20F3NO2/c1-9(12-5-4-6-19-12)10-7-14(21-3)11(15(16,17)18)8-13(10)20-2/h7-9,12,19H,4-6H2,1-3H3/t9-,12-/m1/s1. The van der Waals surface area contributed by atoms with Crippen LogP contribution in [0.3, 0.4) is 0 Å². The van der Waals surface area contributed by atoms with E-state index < -0.39 is 11.7 Å². The van der Waals surface area contributed by atoms with Gasteiger partial charge in [0, 0.05) is 17.5 Å². The second kappa shape index (κ2) is 6.13. The van der Waals surface area contributed by atoms with Crippen molar-refractivity contribution in [2.24, 2.45) is 0 Å². The van der Waals surface area contributed by atoms with Crippen molar-refractivity contribution >= 4 is 0 Å². The normalized spacial score (nSPS) is 20.4. The molecule has 2 rings (SSSR count). The average molecular weight is 303 g/mol. The quantitative estimate of drug-likeness (QED) is 0.922. The lowest BCUT2D eigenvalue weighted by Gasteiger charge is -2.24. The van der Waals surface area contributed by atoms with Crippen LogP contribution in [0.5, 0.6) is 11.5 Å². The van der Waals surface area contributed by atoms with Gasteiger partial charge < -0.3 is 14.8 Å². The number of hydrogen-bond donors (Lipinski definition) is 1. The van der Waals surface area contributed by atoms with Crippen LogP contribution in [0.25, 0.3) is 0 Å². The van der Waals surface area contributed by atoms with E-state index >= 15 is 0 Å². The molecule has 0 spiro atoms. The molecule has 118 valence electrons. The largest absolute Gasteiger partial charge is 0.496 e. The van der Waals surface area contributed by atoms with Crippen molar-refractivity contribution in [3.8, 4) is 11.5 Å². The summed E-state index contributed by atoms with van der Waals surface area (Å²) in [5.74, 6) is 0.145. The Labute approximate surface area is 122 Å². The van der Waals surface area contributed by atoms with Crippen LogP contribution < -0.4 is 14.8 Å². The molecular formula is C15H20F3NO2. The Morgan fingerprint density at radius 3 is 2.33 bits per heavy atom. The molecule has 0 unspecified atom stereocenters. The van der Waals surface area contributed by atoms with E-state index in [0.717, 1.165) is 31.0 Å². The lowest BCUT2D eigenvalue weighted by atomic mass is 9.90. The summed E-state index contributed by atoms with van der Waals surface area (Å²) in [6, 6.07) is 2.73. The van der Waals surface area contributed by atoms with Gasteiger partial charge in [0.25, 0.3) is 0 Å². The fourth-order valence-corrected chi connectivity index (χ4v) is 2.85. The number of halogens is 3. The van der Waals surface area contributed by atoms with Crippen molar-refractivity contribution in [2.45, 2.75) is 37.9 Å². The lowest BCUT2D eigenvalue weighted by Crippen LogP contribution is -2.27. The first-order valence-corrected chi connectivity index (χ1v) is 6.95. The van der Waals surface area contributed by atoms with Crippen molar-refractivity contribution < 1.29 is 22.6 Å². The molecule has 1 aromatic carbocycles. The highest BCUT2D eigenvalue weighted by molar-refractivity contribution is 5.49. The molecule has 3 nitrogen and oxygen atoms in total. The number of rotatable bonds is 4. The number of hydrogen-bond acceptors (Lipinski definition) is 3. The van der Waals surface area contributed by atoms with E-state index in [1.165, 1.54) is 20.3 Å². The fraction of sp³-hybridized carbons (Fsp3) is 0.600. The minimum absolute atomic E-state index is 0.0543. The molecule has 0 radical (unpaired) electrons. The lowest BCUT2D eigenvalue weighted by molar-refractivity contribution is -0.138. The molecule has 0 saturated carbocycles. The van der Waals surface area contributed by atoms with Gasteiger partial charge in [0.1, 0.15) is 17.1 Å². The molecule has 21 heavy (non-hydrogen) atoms. The van der Waals surface area contributed by atoms with E-state index in [9.17, 15) is 13.2 Å². The summed E-state index contributed by atoms with van der Waals surface area (Å²) in [7, 11) is 2.64. The summed E-state index contributed by atoms with van der Waals surface area (Å²) in [5.41, 5.74) is -0.0704. The Balaban J connectivity index is 2.45. The van der Waals surface area contributed by atoms with Crippen LogP contribution in [0.4, 0.5) is 13.2 Å². The molecular weight excluding hydrogens is 283 g/mol. The molecule has 1 fully saturated rings. The predicted octanol–water partition coefficient (Wildman–Crippen LogP) is 3.58. The minimum atomic E-state index is -4.47. The van der Waals surface area contributed by atoms with Crippen molar-refractivity contribution in [3.63, 3.8) is 0 Å². The smallest absolute Gasteiger partial charge is 0.420 e. The average Bonchev–Trinajstić information content (AvgIpc) is 2.98. The van der Waals surface area contributed by atoms with E-state index in [2.05, 4.69) is 5.32 Å². The number of ether oxygens (including phenoxy) is 2. The maximum absolute atomic E-state index is 13.0. The van der Waals surface area contributed by atoms with Gasteiger partial charge in [-0.25, -0.2) is 0 Å². The van der Waals surface area contributed by atoms with E-state index in [-0.39, 0.29) is 23.5 Å². The Morgan fingerprint density at radius 2 is 1.86 bits per heavy atom. The minimum Gasteiger partial charge on any atom is -0.496 e. The van der Waals surface area contributed by atoms with Crippen molar-refractivity contribution in [1.82, 2.24) is 5.32 Å². The van der Waals surface area contributed by atoms with Gasteiger partial charge in [-0.3, -0.25) is 0 Å². The third-order valence-corrected chi connectivity index (χ3v) is 4.05. The molecule has 1 N–H and O–H groups in total. The molecule has 0 aliphatic carbocycles. The van der Waals surface area contributed by atoms with Crippen LogP contribution in [0, 0.1) is 0 Å². The topological polar surface area (TPSA) is 30.5 Å². The van der Waals surface area contributed by atoms with E-state index in [4.69, 9.17) is 9.47 Å². The molecule has 2 atom stereocenters. The predicted molar refractivity (Wildman–Crippen MR) is 74.0 cm³/mol. The molecule has 0 aromatic heterocycles. The molecule has 1 saturated heterocycles. The van der Waals surface area contributed by atoms with Crippen molar-refractivity contribution in [3.05, 3.63) is 23.3 Å². The molecule has 1 heterocycles. The number of nitrogens with one attached hydrogen (secondary N) is 1. The van der Waals surface area contributed by atoms with Gasteiger partial charge in [-0.15, -0.1) is 0 Å². The van der Waals surface area contributed by atoms with E-state index in [1.54, 1.807) is 0 Å². The maximum atomic E-state index is 13.0. The van der Waals surface area contributed by atoms with E-state index in [1.807, 2.05) is 6.92 Å². The Bertz CT molecular complexity index is 496. The first kappa shape index (κ1) is 15.9. The summed E-state index contributed by atoms with van der Waals surface area (Å²) in [5, 5.41) is 3.37. The van der Waals surface area contributed by atoms with Crippen LogP contribution in [-0.4, -0.2) is 26.8 Å². The van der Waals surface area contributed by atoms with Gasteiger partial charge >= 0.3 is 6.18 Å². The van der Waals surface area contributed by atoms with Crippen LogP contribution in [0.15, 0.2) is 12.1 Å². The zero-order chi connectivity index (χ0) is 15.6. The summed E-state index contributed by atoms with van der Waals surface area (Å²) >= 11 is 0. The highest BCUT2D eigenvalue weighted by Gasteiger charge is 2.36. The maximum Gasteiger partial charge on any atom is 0.420 e. The fourth-order valence-electron chi connectivity index (χ4n) is 2.85. The van der Waals surface area contributed by atoms with E-state index in [0.29, 0.717) is 0 Å². The summed E-state index contributed by atoms with van der Waals surface area (Å²) in [4.78, 5) is 0. The number of benzene rings is 1. The summed E-state index contributed by atoms with van der Waals surface area (Å²) in [6.07, 6.45) is -2.38. The molecule has 1 aliphatic heterocycles. The monoisotopic (exact) mass is 303 g/mol. The van der Waals surface area contributed by atoms with Crippen LogP contribution in [0.2, 0.25) is 0 Å². The van der Waals surface area contributed by atoms with Crippen molar-refractivity contribution in [2.75, 3.05) is 20.8 Å². The first-order valence-electron chi connectivity index (χ1n) is 6.95. The first-order chi connectivity index (χ1) is 9.88. The van der Waals surface area contributed by atoms with Gasteiger partial charge in [-0.2, -0.15) is 13.2 Å². The number of alkyl halides is 3. The number of methoxy groups -OCH3 is 2. The van der Waals surface area contributed by atoms with Crippen LogP contribution in [-0.2, 0) is 6.18 Å². The zero-order valence-corrected chi connectivity index (χ0v) is 12.4. The second-order valence-electron chi connectivity index (χ2n) is 5.28. The second-order valence-corrected chi connectivity index (χ2v) is 5.28. The SMILES string of the molecule is COc1cc(C(F)(F)F)c(OC)cc1[C@@H](C)[C@H]1CCCN1. The van der Waals surface area contributed by atoms with Gasteiger partial charge in [-0.1, -0.05) is 6.92 Å². The summed E-state index contributed by atoms with van der Waals surface area (Å²) in [6.45, 7) is 2.93. The highest BCUT2D eigenvalue weighted by Crippen LogP contribution is 2.43. The Morgan fingerprint density at radius 1 is 1.19 bits per heavy atom. The van der Waals surface area contributed by atoms with Crippen molar-refractivity contribution in [1.29, 1.82) is 0 Å². The Hall–Kier alpha value is -1.43.